The zero-order valence-corrected chi connectivity index (χ0v) is 13.3. The second-order valence-electron chi connectivity index (χ2n) is 5.90. The predicted octanol–water partition coefficient (Wildman–Crippen LogP) is 1.88. The van der Waals surface area contributed by atoms with Crippen LogP contribution in [0.1, 0.15) is 29.2 Å². The summed E-state index contributed by atoms with van der Waals surface area (Å²) in [7, 11) is 0. The van der Waals surface area contributed by atoms with Crippen LogP contribution < -0.4 is 10.9 Å². The van der Waals surface area contributed by atoms with Crippen molar-refractivity contribution < 1.29 is 9.18 Å². The van der Waals surface area contributed by atoms with E-state index in [1.807, 2.05) is 6.92 Å². The first-order valence-corrected chi connectivity index (χ1v) is 7.74. The number of H-pyrrole nitrogens is 1. The highest BCUT2D eigenvalue weighted by atomic mass is 19.1. The van der Waals surface area contributed by atoms with Crippen molar-refractivity contribution >= 4 is 11.7 Å². The lowest BCUT2D eigenvalue weighted by atomic mass is 9.86. The first kappa shape index (κ1) is 15.3. The molecule has 3 aromatic rings. The fourth-order valence-corrected chi connectivity index (χ4v) is 3.18. The van der Waals surface area contributed by atoms with E-state index in [0.717, 1.165) is 5.56 Å². The Morgan fingerprint density at radius 3 is 2.80 bits per heavy atom. The van der Waals surface area contributed by atoms with Crippen molar-refractivity contribution in [1.82, 2.24) is 20.0 Å². The number of nitrogens with one attached hydrogen (secondary N) is 2. The van der Waals surface area contributed by atoms with Crippen LogP contribution in [0.3, 0.4) is 0 Å². The van der Waals surface area contributed by atoms with Crippen LogP contribution >= 0.6 is 0 Å². The normalized spacial score (nSPS) is 16.4. The van der Waals surface area contributed by atoms with E-state index in [2.05, 4.69) is 20.6 Å². The second-order valence-corrected chi connectivity index (χ2v) is 5.90. The van der Waals surface area contributed by atoms with Crippen molar-refractivity contribution in [3.05, 3.63) is 69.4 Å². The molecule has 25 heavy (non-hydrogen) atoms. The summed E-state index contributed by atoms with van der Waals surface area (Å²) in [6.45, 7) is 1.82. The van der Waals surface area contributed by atoms with Crippen LogP contribution in [0.2, 0.25) is 0 Å². The minimum absolute atomic E-state index is 0.188. The lowest BCUT2D eigenvalue weighted by Gasteiger charge is -2.24. The van der Waals surface area contributed by atoms with Crippen molar-refractivity contribution in [2.45, 2.75) is 19.3 Å². The van der Waals surface area contributed by atoms with Gasteiger partial charge in [0.05, 0.1) is 5.69 Å². The van der Waals surface area contributed by atoms with Gasteiger partial charge in [0.15, 0.2) is 5.82 Å². The molecule has 8 heteroatoms. The second kappa shape index (κ2) is 5.66. The highest BCUT2D eigenvalue weighted by Gasteiger charge is 2.33. The summed E-state index contributed by atoms with van der Waals surface area (Å²) in [4.78, 5) is 23.4. The zero-order chi connectivity index (χ0) is 17.6. The number of rotatable bonds is 2. The first-order chi connectivity index (χ1) is 12.0. The number of halogens is 1. The Morgan fingerprint density at radius 1 is 1.24 bits per heavy atom. The van der Waals surface area contributed by atoms with Crippen molar-refractivity contribution in [1.29, 1.82) is 0 Å². The quantitative estimate of drug-likeness (QED) is 0.745. The molecule has 1 aliphatic rings. The molecule has 2 N–H and O–H groups in total. The van der Waals surface area contributed by atoms with Crippen molar-refractivity contribution in [3.8, 4) is 5.82 Å². The Balaban J connectivity index is 1.89. The molecule has 0 radical (unpaired) electrons. The number of hydrogen-bond acceptors (Lipinski definition) is 4. The van der Waals surface area contributed by atoms with Crippen LogP contribution in [0.25, 0.3) is 5.82 Å². The first-order valence-electron chi connectivity index (χ1n) is 7.74. The van der Waals surface area contributed by atoms with Crippen molar-refractivity contribution in [3.63, 3.8) is 0 Å². The van der Waals surface area contributed by atoms with Gasteiger partial charge in [-0.1, -0.05) is 12.1 Å². The summed E-state index contributed by atoms with van der Waals surface area (Å²) < 4.78 is 15.1. The molecule has 1 aromatic carbocycles. The number of anilines is 1. The van der Waals surface area contributed by atoms with E-state index in [9.17, 15) is 14.0 Å². The predicted molar refractivity (Wildman–Crippen MR) is 88.2 cm³/mol. The Kier molecular flexibility index (Phi) is 3.45. The van der Waals surface area contributed by atoms with E-state index in [1.165, 1.54) is 28.9 Å². The molecule has 1 atom stereocenters. The number of fused-ring (bicyclic) bond motifs is 1. The van der Waals surface area contributed by atoms with E-state index >= 15 is 0 Å². The monoisotopic (exact) mass is 339 g/mol. The molecule has 4 rings (SSSR count). The summed E-state index contributed by atoms with van der Waals surface area (Å²) in [6.07, 6.45) is 0.210. The topological polar surface area (TPSA) is 92.7 Å². The Labute approximate surface area is 141 Å². The molecule has 0 bridgehead atoms. The van der Waals surface area contributed by atoms with Crippen LogP contribution in [0.5, 0.6) is 0 Å². The number of benzene rings is 1. The van der Waals surface area contributed by atoms with Gasteiger partial charge in [-0.2, -0.15) is 14.9 Å². The lowest BCUT2D eigenvalue weighted by molar-refractivity contribution is -0.116. The molecule has 7 nitrogen and oxygen atoms in total. The highest BCUT2D eigenvalue weighted by Crippen LogP contribution is 2.39. The Bertz CT molecular complexity index is 1020. The lowest BCUT2D eigenvalue weighted by Crippen LogP contribution is -2.25. The summed E-state index contributed by atoms with van der Waals surface area (Å²) in [5.74, 6) is 0.0346. The molecule has 0 unspecified atom stereocenters. The van der Waals surface area contributed by atoms with Gasteiger partial charge < -0.3 is 5.32 Å². The molecule has 0 spiro atoms. The molecule has 3 heterocycles. The molecule has 1 amide bonds. The maximum absolute atomic E-state index is 13.6. The minimum atomic E-state index is -0.350. The van der Waals surface area contributed by atoms with Crippen LogP contribution in [0.4, 0.5) is 10.2 Å². The van der Waals surface area contributed by atoms with Gasteiger partial charge in [-0.3, -0.25) is 9.59 Å². The highest BCUT2D eigenvalue weighted by molar-refractivity contribution is 5.95. The summed E-state index contributed by atoms with van der Waals surface area (Å²) in [5, 5.41) is 13.6. The smallest absolute Gasteiger partial charge is 0.264 e. The van der Waals surface area contributed by atoms with E-state index in [4.69, 9.17) is 0 Å². The molecule has 1 aliphatic heterocycles. The molecule has 0 saturated carbocycles. The van der Waals surface area contributed by atoms with Gasteiger partial charge in [-0.25, -0.2) is 9.49 Å². The van der Waals surface area contributed by atoms with Crippen LogP contribution in [0.15, 0.2) is 41.2 Å². The number of amides is 1. The SMILES string of the molecule is Cc1nn(-c2ccc(=O)[nH]n2)c2c1[C@H](c1cccc(F)c1)CC(=O)N2. The third-order valence-corrected chi connectivity index (χ3v) is 4.23. The average Bonchev–Trinajstić information content (AvgIpc) is 2.91. The fraction of sp³-hybridized carbons (Fsp3) is 0.176. The van der Waals surface area contributed by atoms with E-state index in [0.29, 0.717) is 22.9 Å². The van der Waals surface area contributed by atoms with Gasteiger partial charge in [-0.05, 0) is 30.7 Å². The fourth-order valence-electron chi connectivity index (χ4n) is 3.18. The minimum Gasteiger partial charge on any atom is -0.310 e. The molecular formula is C17H14FN5O2. The molecular weight excluding hydrogens is 325 g/mol. The molecule has 126 valence electrons. The molecule has 0 aliphatic carbocycles. The Morgan fingerprint density at radius 2 is 2.08 bits per heavy atom. The number of carbonyl (C=O) groups is 1. The van der Waals surface area contributed by atoms with Gasteiger partial charge in [0.25, 0.3) is 5.56 Å². The maximum atomic E-state index is 13.6. The zero-order valence-electron chi connectivity index (χ0n) is 13.3. The largest absolute Gasteiger partial charge is 0.310 e. The number of aromatic amines is 1. The summed E-state index contributed by atoms with van der Waals surface area (Å²) in [6, 6.07) is 9.07. The molecule has 0 fully saturated rings. The molecule has 0 saturated heterocycles. The summed E-state index contributed by atoms with van der Waals surface area (Å²) in [5.41, 5.74) is 1.91. The average molecular weight is 339 g/mol. The van der Waals surface area contributed by atoms with Crippen LogP contribution in [0, 0.1) is 12.7 Å². The number of aromatic nitrogens is 4. The third-order valence-electron chi connectivity index (χ3n) is 4.23. The number of carbonyl (C=O) groups excluding carboxylic acids is 1. The summed E-state index contributed by atoms with van der Waals surface area (Å²) >= 11 is 0. The van der Waals surface area contributed by atoms with Gasteiger partial charge in [-0.15, -0.1) is 0 Å². The van der Waals surface area contributed by atoms with E-state index in [1.54, 1.807) is 12.1 Å². The van der Waals surface area contributed by atoms with E-state index < -0.39 is 0 Å². The number of nitrogens with zero attached hydrogens (tertiary/aromatic N) is 3. The van der Waals surface area contributed by atoms with Gasteiger partial charge in [0.2, 0.25) is 5.91 Å². The number of hydrogen-bond donors (Lipinski definition) is 2. The van der Waals surface area contributed by atoms with Gasteiger partial charge >= 0.3 is 0 Å². The van der Waals surface area contributed by atoms with E-state index in [-0.39, 0.29) is 29.6 Å². The van der Waals surface area contributed by atoms with Crippen LogP contribution in [-0.2, 0) is 4.79 Å². The Hall–Kier alpha value is -3.29. The van der Waals surface area contributed by atoms with Crippen molar-refractivity contribution in [2.24, 2.45) is 0 Å². The molecule has 2 aromatic heterocycles. The number of aryl methyl sites for hydroxylation is 1. The standard InChI is InChI=1S/C17H14FN5O2/c1-9-16-12(10-3-2-4-11(18)7-10)8-15(25)19-17(16)23(22-9)13-5-6-14(24)21-20-13/h2-7,12H,8H2,1H3,(H,19,25)(H,21,24)/t12-/m0/s1. The van der Waals surface area contributed by atoms with Gasteiger partial charge in [0.1, 0.15) is 11.6 Å². The third kappa shape index (κ3) is 2.61. The maximum Gasteiger partial charge on any atom is 0.264 e. The van der Waals surface area contributed by atoms with Crippen LogP contribution in [-0.4, -0.2) is 25.9 Å². The van der Waals surface area contributed by atoms with Crippen molar-refractivity contribution in [2.75, 3.05) is 5.32 Å². The van der Waals surface area contributed by atoms with Gasteiger partial charge in [0, 0.05) is 24.0 Å².